The first-order chi connectivity index (χ1) is 14.9. The van der Waals surface area contributed by atoms with Crippen molar-refractivity contribution in [2.45, 2.75) is 25.3 Å². The van der Waals surface area contributed by atoms with Crippen molar-refractivity contribution in [2.75, 3.05) is 13.1 Å². The standard InChI is InChI=1S/C25H27F2N3O/c26-22-7-3-18(4-8-22)20-12-17(14-25(31)30-16-24(29)2-1-11-28)13-21(15-20)19-5-9-23(27)10-6-19/h3-10,12-13,15,24H,1-2,11,14,16,28-29H2,(H,30,31). The highest BCUT2D eigenvalue weighted by atomic mass is 19.1. The molecular formula is C25H27F2N3O. The van der Waals surface area contributed by atoms with Crippen LogP contribution in [0, 0.1) is 11.6 Å². The van der Waals surface area contributed by atoms with Crippen molar-refractivity contribution >= 4 is 5.91 Å². The average molecular weight is 424 g/mol. The van der Waals surface area contributed by atoms with Crippen molar-refractivity contribution < 1.29 is 13.6 Å². The van der Waals surface area contributed by atoms with Gasteiger partial charge in [-0.1, -0.05) is 36.4 Å². The SMILES string of the molecule is NCCCC(N)CNC(=O)Cc1cc(-c2ccc(F)cc2)cc(-c2ccc(F)cc2)c1. The fraction of sp³-hybridized carbons (Fsp3) is 0.240. The number of carbonyl (C=O) groups is 1. The molecule has 31 heavy (non-hydrogen) atoms. The lowest BCUT2D eigenvalue weighted by Gasteiger charge is -2.14. The predicted octanol–water partition coefficient (Wildman–Crippen LogP) is 4.02. The quantitative estimate of drug-likeness (QED) is 0.486. The second-order valence-corrected chi connectivity index (χ2v) is 7.60. The van der Waals surface area contributed by atoms with Crippen LogP contribution in [0.25, 0.3) is 22.3 Å². The van der Waals surface area contributed by atoms with Gasteiger partial charge < -0.3 is 16.8 Å². The number of rotatable bonds is 9. The van der Waals surface area contributed by atoms with Crippen LogP contribution in [0.3, 0.4) is 0 Å². The fourth-order valence-corrected chi connectivity index (χ4v) is 3.39. The molecule has 0 aliphatic carbocycles. The van der Waals surface area contributed by atoms with Crippen molar-refractivity contribution in [1.29, 1.82) is 0 Å². The Morgan fingerprint density at radius 3 is 1.84 bits per heavy atom. The molecule has 0 fully saturated rings. The Balaban J connectivity index is 1.83. The molecule has 3 aromatic rings. The minimum Gasteiger partial charge on any atom is -0.354 e. The molecule has 0 radical (unpaired) electrons. The van der Waals surface area contributed by atoms with E-state index in [9.17, 15) is 13.6 Å². The van der Waals surface area contributed by atoms with Crippen LogP contribution in [0.15, 0.2) is 66.7 Å². The molecule has 0 aliphatic rings. The zero-order valence-electron chi connectivity index (χ0n) is 17.3. The van der Waals surface area contributed by atoms with Gasteiger partial charge in [0.15, 0.2) is 0 Å². The molecular weight excluding hydrogens is 396 g/mol. The summed E-state index contributed by atoms with van der Waals surface area (Å²) in [6.45, 7) is 0.964. The number of hydrogen-bond acceptors (Lipinski definition) is 3. The van der Waals surface area contributed by atoms with E-state index in [0.29, 0.717) is 13.1 Å². The van der Waals surface area contributed by atoms with E-state index >= 15 is 0 Å². The first-order valence-corrected chi connectivity index (χ1v) is 10.3. The average Bonchev–Trinajstić information content (AvgIpc) is 2.77. The summed E-state index contributed by atoms with van der Waals surface area (Å²) < 4.78 is 26.7. The van der Waals surface area contributed by atoms with Gasteiger partial charge in [0, 0.05) is 12.6 Å². The Bertz CT molecular complexity index is 941. The molecule has 0 spiro atoms. The fourth-order valence-electron chi connectivity index (χ4n) is 3.39. The van der Waals surface area contributed by atoms with Crippen molar-refractivity contribution in [3.05, 3.63) is 83.9 Å². The summed E-state index contributed by atoms with van der Waals surface area (Å²) >= 11 is 0. The maximum atomic E-state index is 13.4. The highest BCUT2D eigenvalue weighted by Crippen LogP contribution is 2.29. The van der Waals surface area contributed by atoms with E-state index in [-0.39, 0.29) is 30.0 Å². The van der Waals surface area contributed by atoms with Crippen LogP contribution >= 0.6 is 0 Å². The van der Waals surface area contributed by atoms with Crippen molar-refractivity contribution in [3.63, 3.8) is 0 Å². The second kappa shape index (κ2) is 10.8. The second-order valence-electron chi connectivity index (χ2n) is 7.60. The summed E-state index contributed by atoms with van der Waals surface area (Å²) in [5, 5.41) is 2.87. The number of hydrogen-bond donors (Lipinski definition) is 3. The number of nitrogens with one attached hydrogen (secondary N) is 1. The maximum absolute atomic E-state index is 13.4. The Kier molecular flexibility index (Phi) is 7.87. The summed E-state index contributed by atoms with van der Waals surface area (Å²) in [4.78, 5) is 12.5. The van der Waals surface area contributed by atoms with E-state index in [4.69, 9.17) is 11.5 Å². The van der Waals surface area contributed by atoms with Gasteiger partial charge in [-0.05, 0) is 77.5 Å². The largest absolute Gasteiger partial charge is 0.354 e. The Hall–Kier alpha value is -3.09. The molecule has 0 saturated heterocycles. The van der Waals surface area contributed by atoms with E-state index < -0.39 is 0 Å². The molecule has 1 amide bonds. The van der Waals surface area contributed by atoms with Crippen LogP contribution in [-0.4, -0.2) is 25.0 Å². The molecule has 4 nitrogen and oxygen atoms in total. The molecule has 1 unspecified atom stereocenters. The lowest BCUT2D eigenvalue weighted by atomic mass is 9.95. The topological polar surface area (TPSA) is 81.1 Å². The van der Waals surface area contributed by atoms with Crippen molar-refractivity contribution in [1.82, 2.24) is 5.32 Å². The molecule has 0 aromatic heterocycles. The van der Waals surface area contributed by atoms with Gasteiger partial charge in [-0.15, -0.1) is 0 Å². The van der Waals surface area contributed by atoms with Crippen LogP contribution in [0.2, 0.25) is 0 Å². The summed E-state index contributed by atoms with van der Waals surface area (Å²) in [6.07, 6.45) is 1.75. The third kappa shape index (κ3) is 6.70. The highest BCUT2D eigenvalue weighted by Gasteiger charge is 2.11. The molecule has 162 valence electrons. The van der Waals surface area contributed by atoms with Gasteiger partial charge in [0.1, 0.15) is 11.6 Å². The summed E-state index contributed by atoms with van der Waals surface area (Å²) in [7, 11) is 0. The van der Waals surface area contributed by atoms with E-state index in [0.717, 1.165) is 40.7 Å². The molecule has 3 aromatic carbocycles. The molecule has 0 saturated carbocycles. The Morgan fingerprint density at radius 2 is 1.35 bits per heavy atom. The van der Waals surface area contributed by atoms with Crippen LogP contribution in [0.4, 0.5) is 8.78 Å². The maximum Gasteiger partial charge on any atom is 0.224 e. The number of amides is 1. The lowest BCUT2D eigenvalue weighted by molar-refractivity contribution is -0.120. The van der Waals surface area contributed by atoms with E-state index in [2.05, 4.69) is 5.32 Å². The molecule has 0 bridgehead atoms. The van der Waals surface area contributed by atoms with Crippen LogP contribution in [-0.2, 0) is 11.2 Å². The van der Waals surface area contributed by atoms with Gasteiger partial charge in [-0.3, -0.25) is 4.79 Å². The molecule has 0 heterocycles. The van der Waals surface area contributed by atoms with Crippen LogP contribution < -0.4 is 16.8 Å². The number of halogens is 2. The van der Waals surface area contributed by atoms with Gasteiger partial charge >= 0.3 is 0 Å². The minimum atomic E-state index is -0.316. The lowest BCUT2D eigenvalue weighted by Crippen LogP contribution is -2.38. The van der Waals surface area contributed by atoms with Gasteiger partial charge in [-0.2, -0.15) is 0 Å². The number of nitrogens with two attached hydrogens (primary N) is 2. The zero-order valence-corrected chi connectivity index (χ0v) is 17.3. The summed E-state index contributed by atoms with van der Waals surface area (Å²) in [6, 6.07) is 18.0. The Labute approximate surface area is 181 Å². The normalized spacial score (nSPS) is 11.9. The van der Waals surface area contributed by atoms with E-state index in [1.54, 1.807) is 24.3 Å². The van der Waals surface area contributed by atoms with Gasteiger partial charge in [0.05, 0.1) is 6.42 Å². The monoisotopic (exact) mass is 423 g/mol. The summed E-state index contributed by atoms with van der Waals surface area (Å²) in [5.74, 6) is -0.766. The zero-order chi connectivity index (χ0) is 22.2. The molecule has 0 aliphatic heterocycles. The number of carbonyl (C=O) groups excluding carboxylic acids is 1. The van der Waals surface area contributed by atoms with Crippen LogP contribution in [0.1, 0.15) is 18.4 Å². The molecule has 1 atom stereocenters. The van der Waals surface area contributed by atoms with Crippen LogP contribution in [0.5, 0.6) is 0 Å². The predicted molar refractivity (Wildman–Crippen MR) is 120 cm³/mol. The number of benzene rings is 3. The minimum absolute atomic E-state index is 0.132. The summed E-state index contributed by atoms with van der Waals surface area (Å²) in [5.41, 5.74) is 15.6. The molecule has 3 rings (SSSR count). The molecule has 6 heteroatoms. The third-order valence-electron chi connectivity index (χ3n) is 5.05. The van der Waals surface area contributed by atoms with Gasteiger partial charge in [-0.25, -0.2) is 8.78 Å². The van der Waals surface area contributed by atoms with Crippen molar-refractivity contribution in [2.24, 2.45) is 11.5 Å². The van der Waals surface area contributed by atoms with Gasteiger partial charge in [0.2, 0.25) is 5.91 Å². The molecule has 5 N–H and O–H groups in total. The Morgan fingerprint density at radius 1 is 0.839 bits per heavy atom. The van der Waals surface area contributed by atoms with Gasteiger partial charge in [0.25, 0.3) is 0 Å². The van der Waals surface area contributed by atoms with E-state index in [1.807, 2.05) is 18.2 Å². The van der Waals surface area contributed by atoms with E-state index in [1.165, 1.54) is 24.3 Å². The van der Waals surface area contributed by atoms with Crippen molar-refractivity contribution in [3.8, 4) is 22.3 Å². The highest BCUT2D eigenvalue weighted by molar-refractivity contribution is 5.81. The first-order valence-electron chi connectivity index (χ1n) is 10.3. The first kappa shape index (κ1) is 22.6. The third-order valence-corrected chi connectivity index (χ3v) is 5.05. The smallest absolute Gasteiger partial charge is 0.224 e.